The van der Waals surface area contributed by atoms with Crippen molar-refractivity contribution in [3.8, 4) is 5.75 Å². The Morgan fingerprint density at radius 3 is 2.91 bits per heavy atom. The normalized spacial score (nSPS) is 18.0. The lowest BCUT2D eigenvalue weighted by molar-refractivity contribution is -0.147. The average Bonchev–Trinajstić information content (AvgIpc) is 2.52. The quantitative estimate of drug-likeness (QED) is 0.858. The second-order valence-electron chi connectivity index (χ2n) is 5.24. The van der Waals surface area contributed by atoms with Crippen molar-refractivity contribution in [2.24, 2.45) is 0 Å². The lowest BCUT2D eigenvalue weighted by Gasteiger charge is -2.32. The number of methoxy groups -OCH3 is 1. The molecule has 1 heterocycles. The van der Waals surface area contributed by atoms with Crippen molar-refractivity contribution in [1.29, 1.82) is 0 Å². The van der Waals surface area contributed by atoms with Crippen molar-refractivity contribution in [2.45, 2.75) is 25.4 Å². The van der Waals surface area contributed by atoms with Crippen LogP contribution in [0.3, 0.4) is 0 Å². The Labute approximate surface area is 129 Å². The molecule has 2 rings (SSSR count). The first-order chi connectivity index (χ1) is 10.6. The van der Waals surface area contributed by atoms with E-state index in [1.807, 2.05) is 24.3 Å². The van der Waals surface area contributed by atoms with E-state index < -0.39 is 12.1 Å². The molecule has 22 heavy (non-hydrogen) atoms. The third-order valence-electron chi connectivity index (χ3n) is 3.69. The van der Waals surface area contributed by atoms with Gasteiger partial charge in [0.1, 0.15) is 5.75 Å². The van der Waals surface area contributed by atoms with Gasteiger partial charge in [0.05, 0.1) is 26.2 Å². The zero-order valence-corrected chi connectivity index (χ0v) is 12.7. The number of carbonyl (C=O) groups excluding carboxylic acids is 1. The van der Waals surface area contributed by atoms with Gasteiger partial charge in [0.2, 0.25) is 5.91 Å². The molecule has 0 bridgehead atoms. The number of nitrogens with zero attached hydrogens (tertiary/aromatic N) is 1. The molecule has 1 aliphatic heterocycles. The van der Waals surface area contributed by atoms with Crippen molar-refractivity contribution in [1.82, 2.24) is 4.90 Å². The molecule has 0 spiro atoms. The number of carbonyl (C=O) groups is 2. The number of carboxylic acids is 1. The highest BCUT2D eigenvalue weighted by Gasteiger charge is 2.25. The van der Waals surface area contributed by atoms with Crippen LogP contribution in [0.1, 0.15) is 18.4 Å². The second-order valence-corrected chi connectivity index (χ2v) is 5.24. The molecule has 0 radical (unpaired) electrons. The summed E-state index contributed by atoms with van der Waals surface area (Å²) >= 11 is 0. The fourth-order valence-corrected chi connectivity index (χ4v) is 2.57. The number of aryl methyl sites for hydroxylation is 1. The van der Waals surface area contributed by atoms with E-state index in [4.69, 9.17) is 14.6 Å². The molecular weight excluding hydrogens is 286 g/mol. The largest absolute Gasteiger partial charge is 0.496 e. The Kier molecular flexibility index (Phi) is 5.77. The number of hydrogen-bond acceptors (Lipinski definition) is 4. The Hall–Kier alpha value is -2.08. The number of morpholine rings is 1. The summed E-state index contributed by atoms with van der Waals surface area (Å²) in [6.07, 6.45) is 0.488. The number of aliphatic carboxylic acids is 1. The number of amides is 1. The summed E-state index contributed by atoms with van der Waals surface area (Å²) in [7, 11) is 1.61. The lowest BCUT2D eigenvalue weighted by Crippen LogP contribution is -2.46. The van der Waals surface area contributed by atoms with Crippen LogP contribution in [0.2, 0.25) is 0 Å². The number of ether oxygens (including phenoxy) is 2. The topological polar surface area (TPSA) is 76.1 Å². The van der Waals surface area contributed by atoms with E-state index in [1.54, 1.807) is 12.0 Å². The molecule has 0 unspecified atom stereocenters. The van der Waals surface area contributed by atoms with Crippen molar-refractivity contribution in [2.75, 3.05) is 26.8 Å². The molecule has 1 fully saturated rings. The molecule has 1 N–H and O–H groups in total. The average molecular weight is 307 g/mol. The maximum Gasteiger partial charge on any atom is 0.306 e. The minimum absolute atomic E-state index is 0.0181. The maximum absolute atomic E-state index is 12.3. The van der Waals surface area contributed by atoms with E-state index in [2.05, 4.69) is 0 Å². The molecule has 1 amide bonds. The standard InChI is InChI=1S/C16H21NO5/c1-21-14-5-3-2-4-12(14)6-7-15(18)17-8-9-22-13(11-17)10-16(19)20/h2-5,13H,6-11H2,1H3,(H,19,20)/t13-/m0/s1. The summed E-state index contributed by atoms with van der Waals surface area (Å²) in [5, 5.41) is 8.80. The minimum atomic E-state index is -0.909. The smallest absolute Gasteiger partial charge is 0.306 e. The van der Waals surface area contributed by atoms with Crippen LogP contribution in [0.25, 0.3) is 0 Å². The van der Waals surface area contributed by atoms with Crippen LogP contribution in [0, 0.1) is 0 Å². The molecule has 1 saturated heterocycles. The number of para-hydroxylation sites is 1. The SMILES string of the molecule is COc1ccccc1CCC(=O)N1CCO[C@@H](CC(=O)O)C1. The molecule has 6 heteroatoms. The second kappa shape index (κ2) is 7.79. The predicted molar refractivity (Wildman–Crippen MR) is 79.9 cm³/mol. The highest BCUT2D eigenvalue weighted by molar-refractivity contribution is 5.77. The van der Waals surface area contributed by atoms with E-state index in [-0.39, 0.29) is 12.3 Å². The summed E-state index contributed by atoms with van der Waals surface area (Å²) in [5.41, 5.74) is 0.994. The number of benzene rings is 1. The van der Waals surface area contributed by atoms with E-state index in [0.717, 1.165) is 11.3 Å². The summed E-state index contributed by atoms with van der Waals surface area (Å²) in [6, 6.07) is 7.62. The van der Waals surface area contributed by atoms with Crippen LogP contribution in [-0.2, 0) is 20.7 Å². The Morgan fingerprint density at radius 2 is 2.18 bits per heavy atom. The fraction of sp³-hybridized carbons (Fsp3) is 0.500. The van der Waals surface area contributed by atoms with Gasteiger partial charge in [0.15, 0.2) is 0 Å². The molecule has 1 aliphatic rings. The summed E-state index contributed by atoms with van der Waals surface area (Å²) in [4.78, 5) is 24.7. The molecule has 0 aromatic heterocycles. The van der Waals surface area contributed by atoms with Crippen LogP contribution in [0.4, 0.5) is 0 Å². The van der Waals surface area contributed by atoms with Crippen LogP contribution >= 0.6 is 0 Å². The van der Waals surface area contributed by atoms with Gasteiger partial charge in [-0.15, -0.1) is 0 Å². The van der Waals surface area contributed by atoms with Gasteiger partial charge in [-0.05, 0) is 18.1 Å². The Balaban J connectivity index is 1.87. The van der Waals surface area contributed by atoms with E-state index in [1.165, 1.54) is 0 Å². The van der Waals surface area contributed by atoms with Gasteiger partial charge in [-0.2, -0.15) is 0 Å². The van der Waals surface area contributed by atoms with Gasteiger partial charge < -0.3 is 19.5 Å². The Morgan fingerprint density at radius 1 is 1.41 bits per heavy atom. The molecule has 1 aromatic rings. The van der Waals surface area contributed by atoms with Gasteiger partial charge in [0, 0.05) is 19.5 Å². The highest BCUT2D eigenvalue weighted by atomic mass is 16.5. The van der Waals surface area contributed by atoms with Crippen LogP contribution < -0.4 is 4.74 Å². The molecule has 1 aromatic carbocycles. The van der Waals surface area contributed by atoms with Crippen molar-refractivity contribution in [3.63, 3.8) is 0 Å². The van der Waals surface area contributed by atoms with Crippen molar-refractivity contribution >= 4 is 11.9 Å². The zero-order chi connectivity index (χ0) is 15.9. The molecule has 0 saturated carbocycles. The summed E-state index contributed by atoms with van der Waals surface area (Å²) in [6.45, 7) is 1.25. The van der Waals surface area contributed by atoms with Crippen LogP contribution in [0.5, 0.6) is 5.75 Å². The van der Waals surface area contributed by atoms with Crippen LogP contribution in [0.15, 0.2) is 24.3 Å². The van der Waals surface area contributed by atoms with Gasteiger partial charge >= 0.3 is 5.97 Å². The zero-order valence-electron chi connectivity index (χ0n) is 12.7. The van der Waals surface area contributed by atoms with Crippen LogP contribution in [-0.4, -0.2) is 54.8 Å². The van der Waals surface area contributed by atoms with E-state index >= 15 is 0 Å². The van der Waals surface area contributed by atoms with Gasteiger partial charge in [-0.3, -0.25) is 9.59 Å². The van der Waals surface area contributed by atoms with Gasteiger partial charge in [-0.25, -0.2) is 0 Å². The highest BCUT2D eigenvalue weighted by Crippen LogP contribution is 2.19. The van der Waals surface area contributed by atoms with Gasteiger partial charge in [-0.1, -0.05) is 18.2 Å². The first kappa shape index (κ1) is 16.3. The fourth-order valence-electron chi connectivity index (χ4n) is 2.57. The van der Waals surface area contributed by atoms with E-state index in [9.17, 15) is 9.59 Å². The third-order valence-corrected chi connectivity index (χ3v) is 3.69. The van der Waals surface area contributed by atoms with Gasteiger partial charge in [0.25, 0.3) is 0 Å². The number of rotatable bonds is 6. The van der Waals surface area contributed by atoms with Crippen molar-refractivity contribution < 1.29 is 24.2 Å². The maximum atomic E-state index is 12.3. The molecule has 6 nitrogen and oxygen atoms in total. The third kappa shape index (κ3) is 4.46. The van der Waals surface area contributed by atoms with Crippen molar-refractivity contribution in [3.05, 3.63) is 29.8 Å². The first-order valence-electron chi connectivity index (χ1n) is 7.33. The first-order valence-corrected chi connectivity index (χ1v) is 7.33. The molecule has 1 atom stereocenters. The molecule has 0 aliphatic carbocycles. The molecular formula is C16H21NO5. The van der Waals surface area contributed by atoms with E-state index in [0.29, 0.717) is 32.5 Å². The predicted octanol–water partition coefficient (Wildman–Crippen LogP) is 1.33. The lowest BCUT2D eigenvalue weighted by atomic mass is 10.1. The minimum Gasteiger partial charge on any atom is -0.496 e. The summed E-state index contributed by atoms with van der Waals surface area (Å²) < 4.78 is 10.6. The number of hydrogen-bond donors (Lipinski definition) is 1. The Bertz CT molecular complexity index is 531. The number of carboxylic acid groups (broad SMARTS) is 1. The monoisotopic (exact) mass is 307 g/mol. The summed E-state index contributed by atoms with van der Waals surface area (Å²) in [5.74, 6) is -0.112. The molecule has 120 valence electrons.